The molecule has 1 amide bonds. The Labute approximate surface area is 217 Å². The predicted molar refractivity (Wildman–Crippen MR) is 146 cm³/mol. The van der Waals surface area contributed by atoms with Gasteiger partial charge in [0, 0.05) is 23.1 Å². The van der Waals surface area contributed by atoms with Gasteiger partial charge in [0.15, 0.2) is 11.0 Å². The fourth-order valence-corrected chi connectivity index (χ4v) is 4.79. The first-order chi connectivity index (χ1) is 17.9. The van der Waals surface area contributed by atoms with Crippen molar-refractivity contribution in [3.05, 3.63) is 106 Å². The molecule has 4 aromatic carbocycles. The molecule has 0 aliphatic rings. The van der Waals surface area contributed by atoms with E-state index in [0.717, 1.165) is 33.2 Å². The summed E-state index contributed by atoms with van der Waals surface area (Å²) in [6.07, 6.45) is 0. The summed E-state index contributed by atoms with van der Waals surface area (Å²) in [7, 11) is 0. The first-order valence-corrected chi connectivity index (χ1v) is 12.6. The molecule has 5 aromatic rings. The maximum Gasteiger partial charge on any atom is 0.271 e. The second kappa shape index (κ2) is 10.2. The topological polar surface area (TPSA) is 103 Å². The fraction of sp³-hybridized carbons (Fsp3) is 0.107. The second-order valence-corrected chi connectivity index (χ2v) is 9.54. The zero-order chi connectivity index (χ0) is 25.9. The Kier molecular flexibility index (Phi) is 6.70. The number of thioether (sulfide) groups is 1. The average Bonchev–Trinajstić information content (AvgIpc) is 3.32. The summed E-state index contributed by atoms with van der Waals surface area (Å²) >= 11 is 1.26. The highest BCUT2D eigenvalue weighted by molar-refractivity contribution is 7.99. The van der Waals surface area contributed by atoms with Crippen LogP contribution < -0.4 is 5.32 Å². The SMILES string of the molecule is Cc1ccc(-c2nnc(SCC(=O)Nc3cc([N+](=O)[O-])ccc3C)n2-c2cccc3ccccc23)cc1. The third-order valence-electron chi connectivity index (χ3n) is 5.99. The monoisotopic (exact) mass is 509 g/mol. The molecule has 0 saturated carbocycles. The summed E-state index contributed by atoms with van der Waals surface area (Å²) in [6.45, 7) is 3.82. The van der Waals surface area contributed by atoms with Crippen LogP contribution in [0.1, 0.15) is 11.1 Å². The van der Waals surface area contributed by atoms with Crippen LogP contribution >= 0.6 is 11.8 Å². The van der Waals surface area contributed by atoms with E-state index in [1.165, 1.54) is 23.9 Å². The van der Waals surface area contributed by atoms with Crippen LogP contribution in [0.2, 0.25) is 0 Å². The van der Waals surface area contributed by atoms with Gasteiger partial charge >= 0.3 is 0 Å². The minimum absolute atomic E-state index is 0.0545. The van der Waals surface area contributed by atoms with Crippen LogP contribution in [-0.2, 0) is 4.79 Å². The molecule has 0 aliphatic carbocycles. The van der Waals surface area contributed by atoms with Crippen molar-refractivity contribution in [3.8, 4) is 17.1 Å². The maximum atomic E-state index is 12.8. The number of hydrogen-bond donors (Lipinski definition) is 1. The Balaban J connectivity index is 1.48. The summed E-state index contributed by atoms with van der Waals surface area (Å²) in [5, 5.41) is 25.5. The van der Waals surface area contributed by atoms with E-state index in [2.05, 4.69) is 33.7 Å². The van der Waals surface area contributed by atoms with Crippen LogP contribution in [0.4, 0.5) is 11.4 Å². The van der Waals surface area contributed by atoms with Gasteiger partial charge in [-0.3, -0.25) is 19.5 Å². The number of anilines is 1. The molecule has 1 heterocycles. The highest BCUT2D eigenvalue weighted by atomic mass is 32.2. The number of nitrogens with zero attached hydrogens (tertiary/aromatic N) is 4. The number of fused-ring (bicyclic) bond motifs is 1. The van der Waals surface area contributed by atoms with Crippen LogP contribution in [0.5, 0.6) is 0 Å². The Morgan fingerprint density at radius 2 is 1.73 bits per heavy atom. The standard InChI is InChI=1S/C28H23N5O3S/c1-18-10-13-21(14-11-18)27-30-31-28(32(27)25-9-5-7-20-6-3-4-8-23(20)25)37-17-26(34)29-24-16-22(33(35)36)15-12-19(24)2/h3-16H,17H2,1-2H3,(H,29,34). The number of rotatable bonds is 7. The van der Waals surface area contributed by atoms with Crippen LogP contribution in [0.15, 0.2) is 90.1 Å². The van der Waals surface area contributed by atoms with Crippen molar-refractivity contribution in [2.45, 2.75) is 19.0 Å². The third kappa shape index (κ3) is 5.07. The Hall–Kier alpha value is -4.50. The number of aromatic nitrogens is 3. The van der Waals surface area contributed by atoms with Gasteiger partial charge in [-0.2, -0.15) is 0 Å². The van der Waals surface area contributed by atoms with E-state index in [0.29, 0.717) is 16.7 Å². The maximum absolute atomic E-state index is 12.8. The highest BCUT2D eigenvalue weighted by Gasteiger charge is 2.19. The zero-order valence-corrected chi connectivity index (χ0v) is 21.0. The molecule has 0 bridgehead atoms. The second-order valence-electron chi connectivity index (χ2n) is 8.60. The smallest absolute Gasteiger partial charge is 0.271 e. The van der Waals surface area contributed by atoms with Crippen molar-refractivity contribution in [2.24, 2.45) is 0 Å². The minimum atomic E-state index is -0.483. The summed E-state index contributed by atoms with van der Waals surface area (Å²) in [6, 6.07) is 26.6. The molecule has 1 aromatic heterocycles. The summed E-state index contributed by atoms with van der Waals surface area (Å²) < 4.78 is 1.98. The number of nitrogens with one attached hydrogen (secondary N) is 1. The fourth-order valence-electron chi connectivity index (χ4n) is 4.05. The van der Waals surface area contributed by atoms with Crippen LogP contribution in [-0.4, -0.2) is 31.3 Å². The molecule has 0 aliphatic heterocycles. The van der Waals surface area contributed by atoms with Crippen molar-refractivity contribution in [1.82, 2.24) is 14.8 Å². The van der Waals surface area contributed by atoms with Gasteiger partial charge in [0.2, 0.25) is 5.91 Å². The Bertz CT molecular complexity index is 1620. The molecule has 0 spiro atoms. The number of carbonyl (C=O) groups excluding carboxylic acids is 1. The molecule has 37 heavy (non-hydrogen) atoms. The van der Waals surface area contributed by atoms with Crippen molar-refractivity contribution < 1.29 is 9.72 Å². The third-order valence-corrected chi connectivity index (χ3v) is 6.92. The summed E-state index contributed by atoms with van der Waals surface area (Å²) in [5.74, 6) is 0.436. The predicted octanol–water partition coefficient (Wildman–Crippen LogP) is 6.34. The van der Waals surface area contributed by atoms with E-state index in [4.69, 9.17) is 0 Å². The Morgan fingerprint density at radius 1 is 0.973 bits per heavy atom. The van der Waals surface area contributed by atoms with E-state index in [9.17, 15) is 14.9 Å². The van der Waals surface area contributed by atoms with Gasteiger partial charge < -0.3 is 5.32 Å². The number of benzene rings is 4. The van der Waals surface area contributed by atoms with E-state index in [-0.39, 0.29) is 17.3 Å². The molecule has 5 rings (SSSR count). The number of nitro benzene ring substituents is 1. The van der Waals surface area contributed by atoms with E-state index in [1.54, 1.807) is 13.0 Å². The van der Waals surface area contributed by atoms with Crippen molar-refractivity contribution in [1.29, 1.82) is 0 Å². The van der Waals surface area contributed by atoms with Crippen LogP contribution in [0.3, 0.4) is 0 Å². The highest BCUT2D eigenvalue weighted by Crippen LogP contribution is 2.32. The summed E-state index contributed by atoms with van der Waals surface area (Å²) in [4.78, 5) is 23.5. The number of non-ortho nitro benzene ring substituents is 1. The van der Waals surface area contributed by atoms with Crippen molar-refractivity contribution in [2.75, 3.05) is 11.1 Å². The number of nitro groups is 1. The molecular weight excluding hydrogens is 486 g/mol. The van der Waals surface area contributed by atoms with Gasteiger partial charge in [0.1, 0.15) is 0 Å². The first kappa shape index (κ1) is 24.2. The molecule has 8 nitrogen and oxygen atoms in total. The van der Waals surface area contributed by atoms with Gasteiger partial charge in [-0.15, -0.1) is 10.2 Å². The molecule has 184 valence electrons. The van der Waals surface area contributed by atoms with Crippen LogP contribution in [0.25, 0.3) is 27.8 Å². The lowest BCUT2D eigenvalue weighted by atomic mass is 10.1. The molecule has 0 unspecified atom stereocenters. The van der Waals surface area contributed by atoms with Crippen molar-refractivity contribution in [3.63, 3.8) is 0 Å². The van der Waals surface area contributed by atoms with Gasteiger partial charge in [-0.1, -0.05) is 84.1 Å². The number of carbonyl (C=O) groups is 1. The number of hydrogen-bond acceptors (Lipinski definition) is 6. The zero-order valence-electron chi connectivity index (χ0n) is 20.2. The van der Waals surface area contributed by atoms with Gasteiger partial charge in [0.05, 0.1) is 22.1 Å². The lowest BCUT2D eigenvalue weighted by molar-refractivity contribution is -0.384. The van der Waals surface area contributed by atoms with E-state index >= 15 is 0 Å². The molecule has 1 N–H and O–H groups in total. The molecule has 0 fully saturated rings. The van der Waals surface area contributed by atoms with E-state index in [1.807, 2.05) is 60.0 Å². The molecule has 0 radical (unpaired) electrons. The van der Waals surface area contributed by atoms with Gasteiger partial charge in [0.25, 0.3) is 5.69 Å². The van der Waals surface area contributed by atoms with Gasteiger partial charge in [-0.25, -0.2) is 0 Å². The average molecular weight is 510 g/mol. The quantitative estimate of drug-likeness (QED) is 0.156. The number of aryl methyl sites for hydroxylation is 2. The summed E-state index contributed by atoms with van der Waals surface area (Å²) in [5.41, 5.74) is 4.04. The van der Waals surface area contributed by atoms with E-state index < -0.39 is 4.92 Å². The molecule has 9 heteroatoms. The molecular formula is C28H23N5O3S. The van der Waals surface area contributed by atoms with Crippen molar-refractivity contribution >= 4 is 39.8 Å². The lowest BCUT2D eigenvalue weighted by Gasteiger charge is -2.13. The normalized spacial score (nSPS) is 11.0. The van der Waals surface area contributed by atoms with Crippen LogP contribution in [0, 0.1) is 24.0 Å². The minimum Gasteiger partial charge on any atom is -0.325 e. The lowest BCUT2D eigenvalue weighted by Crippen LogP contribution is -2.15. The number of amides is 1. The molecule has 0 atom stereocenters. The molecule has 0 saturated heterocycles. The first-order valence-electron chi connectivity index (χ1n) is 11.6. The largest absolute Gasteiger partial charge is 0.325 e. The van der Waals surface area contributed by atoms with Gasteiger partial charge in [-0.05, 0) is 30.9 Å². The Morgan fingerprint density at radius 3 is 2.51 bits per heavy atom.